The van der Waals surface area contributed by atoms with Crippen molar-refractivity contribution in [1.82, 2.24) is 4.90 Å². The fourth-order valence-corrected chi connectivity index (χ4v) is 5.34. The highest BCUT2D eigenvalue weighted by Crippen LogP contribution is 2.44. The zero-order valence-electron chi connectivity index (χ0n) is 14.7. The van der Waals surface area contributed by atoms with Gasteiger partial charge in [0.15, 0.2) is 0 Å². The molecule has 0 bridgehead atoms. The molecule has 1 aliphatic heterocycles. The minimum atomic E-state index is 0.162. The highest BCUT2D eigenvalue weighted by atomic mass is 32.1. The normalized spacial score (nSPS) is 21.0. The van der Waals surface area contributed by atoms with Crippen molar-refractivity contribution in [3.05, 3.63) is 51.7 Å². The largest absolute Gasteiger partial charge is 0.497 e. The lowest BCUT2D eigenvalue weighted by atomic mass is 9.79. The van der Waals surface area contributed by atoms with Gasteiger partial charge < -0.3 is 9.64 Å². The number of ether oxygens (including phenoxy) is 1. The Labute approximate surface area is 153 Å². The average Bonchev–Trinajstić information content (AvgIpc) is 3.16. The van der Waals surface area contributed by atoms with Gasteiger partial charge in [0.2, 0.25) is 0 Å². The third-order valence-electron chi connectivity index (χ3n) is 5.71. The molecule has 3 nitrogen and oxygen atoms in total. The molecule has 4 rings (SSSR count). The Morgan fingerprint density at radius 1 is 1.12 bits per heavy atom. The molecule has 1 aromatic heterocycles. The summed E-state index contributed by atoms with van der Waals surface area (Å²) < 4.78 is 5.22. The molecule has 0 radical (unpaired) electrons. The number of benzene rings is 1. The van der Waals surface area contributed by atoms with Crippen LogP contribution in [0.3, 0.4) is 0 Å². The third-order valence-corrected chi connectivity index (χ3v) is 6.70. The van der Waals surface area contributed by atoms with Gasteiger partial charge in [0.05, 0.1) is 13.2 Å². The number of fused-ring (bicyclic) bond motifs is 1. The van der Waals surface area contributed by atoms with Crippen LogP contribution in [-0.4, -0.2) is 24.5 Å². The molecule has 1 aliphatic carbocycles. The zero-order valence-corrected chi connectivity index (χ0v) is 15.6. The van der Waals surface area contributed by atoms with Crippen molar-refractivity contribution >= 4 is 17.2 Å². The number of rotatable bonds is 3. The SMILES string of the molecule is COc1ccc(C(=O)N2CCc3sccc3C2C2CCCCC2)cc1. The number of nitrogens with zero attached hydrogens (tertiary/aromatic N) is 1. The van der Waals surface area contributed by atoms with Gasteiger partial charge in [-0.1, -0.05) is 19.3 Å². The quantitative estimate of drug-likeness (QED) is 0.769. The van der Waals surface area contributed by atoms with E-state index >= 15 is 0 Å². The smallest absolute Gasteiger partial charge is 0.254 e. The van der Waals surface area contributed by atoms with E-state index in [4.69, 9.17) is 4.74 Å². The second-order valence-corrected chi connectivity index (χ2v) is 8.12. The van der Waals surface area contributed by atoms with Crippen LogP contribution in [0.5, 0.6) is 5.75 Å². The van der Waals surface area contributed by atoms with Crippen molar-refractivity contribution in [3.63, 3.8) is 0 Å². The van der Waals surface area contributed by atoms with Crippen molar-refractivity contribution in [2.75, 3.05) is 13.7 Å². The zero-order chi connectivity index (χ0) is 17.2. The fourth-order valence-electron chi connectivity index (χ4n) is 4.43. The summed E-state index contributed by atoms with van der Waals surface area (Å²) in [5.74, 6) is 1.55. The fraction of sp³-hybridized carbons (Fsp3) is 0.476. The standard InChI is InChI=1S/C21H25NO2S/c1-24-17-9-7-16(8-10-17)21(23)22-13-11-19-18(12-14-25-19)20(22)15-5-3-2-4-6-15/h7-10,12,14-15,20H,2-6,11,13H2,1H3. The molecule has 1 aromatic carbocycles. The molecular weight excluding hydrogens is 330 g/mol. The number of hydrogen-bond acceptors (Lipinski definition) is 3. The van der Waals surface area contributed by atoms with Crippen LogP contribution in [0.25, 0.3) is 0 Å². The molecule has 1 fully saturated rings. The molecule has 25 heavy (non-hydrogen) atoms. The highest BCUT2D eigenvalue weighted by Gasteiger charge is 2.37. The molecule has 4 heteroatoms. The summed E-state index contributed by atoms with van der Waals surface area (Å²) in [6, 6.07) is 10.0. The van der Waals surface area contributed by atoms with Crippen LogP contribution in [0.1, 0.15) is 58.9 Å². The van der Waals surface area contributed by atoms with Gasteiger partial charge in [-0.2, -0.15) is 0 Å². The Morgan fingerprint density at radius 3 is 2.60 bits per heavy atom. The lowest BCUT2D eigenvalue weighted by Gasteiger charge is -2.42. The van der Waals surface area contributed by atoms with Gasteiger partial charge in [-0.05, 0) is 66.5 Å². The topological polar surface area (TPSA) is 29.5 Å². The molecule has 0 spiro atoms. The van der Waals surface area contributed by atoms with Crippen molar-refractivity contribution in [2.45, 2.75) is 44.6 Å². The van der Waals surface area contributed by atoms with Crippen LogP contribution in [0.2, 0.25) is 0 Å². The second-order valence-electron chi connectivity index (χ2n) is 7.12. The van der Waals surface area contributed by atoms with E-state index in [0.717, 1.165) is 24.3 Å². The molecule has 2 aromatic rings. The Morgan fingerprint density at radius 2 is 1.88 bits per heavy atom. The molecule has 1 unspecified atom stereocenters. The lowest BCUT2D eigenvalue weighted by molar-refractivity contribution is 0.0543. The molecule has 0 N–H and O–H groups in total. The van der Waals surface area contributed by atoms with Gasteiger partial charge in [0.1, 0.15) is 5.75 Å². The summed E-state index contributed by atoms with van der Waals surface area (Å²) in [6.07, 6.45) is 7.40. The number of carbonyl (C=O) groups is 1. The maximum absolute atomic E-state index is 13.3. The molecule has 1 saturated carbocycles. The van der Waals surface area contributed by atoms with E-state index in [9.17, 15) is 4.79 Å². The monoisotopic (exact) mass is 355 g/mol. The molecular formula is C21H25NO2S. The van der Waals surface area contributed by atoms with Crippen molar-refractivity contribution < 1.29 is 9.53 Å². The summed E-state index contributed by atoms with van der Waals surface area (Å²) in [6.45, 7) is 0.833. The van der Waals surface area contributed by atoms with E-state index in [1.54, 1.807) is 7.11 Å². The summed E-state index contributed by atoms with van der Waals surface area (Å²) in [5, 5.41) is 2.20. The molecule has 132 valence electrons. The van der Waals surface area contributed by atoms with E-state index in [1.165, 1.54) is 42.5 Å². The highest BCUT2D eigenvalue weighted by molar-refractivity contribution is 7.10. The van der Waals surface area contributed by atoms with Crippen molar-refractivity contribution in [3.8, 4) is 5.75 Å². The predicted molar refractivity (Wildman–Crippen MR) is 101 cm³/mol. The van der Waals surface area contributed by atoms with Crippen LogP contribution < -0.4 is 4.74 Å². The Bertz CT molecular complexity index is 731. The predicted octanol–water partition coefficient (Wildman–Crippen LogP) is 5.08. The van der Waals surface area contributed by atoms with Crippen LogP contribution in [0, 0.1) is 5.92 Å². The molecule has 2 aliphatic rings. The third kappa shape index (κ3) is 3.20. The minimum absolute atomic E-state index is 0.162. The second kappa shape index (κ2) is 7.20. The first-order valence-electron chi connectivity index (χ1n) is 9.29. The van der Waals surface area contributed by atoms with Gasteiger partial charge in [-0.15, -0.1) is 11.3 Å². The minimum Gasteiger partial charge on any atom is -0.497 e. The first-order valence-corrected chi connectivity index (χ1v) is 10.2. The maximum atomic E-state index is 13.3. The average molecular weight is 356 g/mol. The van der Waals surface area contributed by atoms with Crippen LogP contribution in [0.4, 0.5) is 0 Å². The summed E-state index contributed by atoms with van der Waals surface area (Å²) in [4.78, 5) is 16.9. The number of methoxy groups -OCH3 is 1. The number of carbonyl (C=O) groups excluding carboxylic acids is 1. The maximum Gasteiger partial charge on any atom is 0.254 e. The van der Waals surface area contributed by atoms with E-state index < -0.39 is 0 Å². The molecule has 2 heterocycles. The van der Waals surface area contributed by atoms with Crippen LogP contribution in [0.15, 0.2) is 35.7 Å². The Kier molecular flexibility index (Phi) is 4.80. The molecule has 1 amide bonds. The first-order chi connectivity index (χ1) is 12.3. The van der Waals surface area contributed by atoms with Gasteiger partial charge in [-0.3, -0.25) is 4.79 Å². The number of hydrogen-bond donors (Lipinski definition) is 0. The Hall–Kier alpha value is -1.81. The van der Waals surface area contributed by atoms with E-state index in [2.05, 4.69) is 16.3 Å². The van der Waals surface area contributed by atoms with E-state index in [0.29, 0.717) is 5.92 Å². The molecule has 1 atom stereocenters. The van der Waals surface area contributed by atoms with Gasteiger partial charge >= 0.3 is 0 Å². The van der Waals surface area contributed by atoms with Gasteiger partial charge in [0.25, 0.3) is 5.91 Å². The Balaban J connectivity index is 1.65. The summed E-state index contributed by atoms with van der Waals surface area (Å²) >= 11 is 1.85. The summed E-state index contributed by atoms with van der Waals surface area (Å²) in [5.41, 5.74) is 2.17. The van der Waals surface area contributed by atoms with Gasteiger partial charge in [0, 0.05) is 17.0 Å². The first kappa shape index (κ1) is 16.6. The summed E-state index contributed by atoms with van der Waals surface area (Å²) in [7, 11) is 1.65. The van der Waals surface area contributed by atoms with E-state index in [1.807, 2.05) is 35.6 Å². The number of thiophene rings is 1. The lowest BCUT2D eigenvalue weighted by Crippen LogP contribution is -2.43. The number of amides is 1. The van der Waals surface area contributed by atoms with Crippen LogP contribution >= 0.6 is 11.3 Å². The van der Waals surface area contributed by atoms with Gasteiger partial charge in [-0.25, -0.2) is 0 Å². The molecule has 0 saturated heterocycles. The van der Waals surface area contributed by atoms with E-state index in [-0.39, 0.29) is 11.9 Å². The van der Waals surface area contributed by atoms with Crippen molar-refractivity contribution in [2.24, 2.45) is 5.92 Å². The van der Waals surface area contributed by atoms with Crippen molar-refractivity contribution in [1.29, 1.82) is 0 Å². The van der Waals surface area contributed by atoms with Crippen LogP contribution in [-0.2, 0) is 6.42 Å².